The van der Waals surface area contributed by atoms with Crippen molar-refractivity contribution in [1.29, 1.82) is 0 Å². The van der Waals surface area contributed by atoms with Crippen LogP contribution >= 0.6 is 11.8 Å². The van der Waals surface area contributed by atoms with Crippen LogP contribution in [0.25, 0.3) is 0 Å². The first-order chi connectivity index (χ1) is 14.3. The molecule has 3 aromatic rings. The first-order valence-electron chi connectivity index (χ1n) is 10.2. The number of benzene rings is 3. The molecule has 2 unspecified atom stereocenters. The van der Waals surface area contributed by atoms with E-state index in [0.717, 1.165) is 17.5 Å². The maximum atomic E-state index is 13.2. The zero-order valence-electron chi connectivity index (χ0n) is 16.7. The van der Waals surface area contributed by atoms with Crippen molar-refractivity contribution in [1.82, 2.24) is 0 Å². The van der Waals surface area contributed by atoms with Crippen molar-refractivity contribution in [3.8, 4) is 0 Å². The molecule has 3 heteroatoms. The van der Waals surface area contributed by atoms with Gasteiger partial charge in [-0.2, -0.15) is 0 Å². The first-order valence-corrected chi connectivity index (χ1v) is 13.3. The van der Waals surface area contributed by atoms with Gasteiger partial charge in [0.05, 0.1) is 0 Å². The van der Waals surface area contributed by atoms with Crippen molar-refractivity contribution >= 4 is 36.3 Å². The van der Waals surface area contributed by atoms with Gasteiger partial charge in [0.1, 0.15) is 0 Å². The van der Waals surface area contributed by atoms with E-state index in [1.165, 1.54) is 27.4 Å². The van der Waals surface area contributed by atoms with Crippen LogP contribution < -0.4 is 4.46 Å². The Morgan fingerprint density at radius 2 is 1.45 bits per heavy atom. The summed E-state index contributed by atoms with van der Waals surface area (Å²) in [5.74, 6) is 1.34. The molecule has 0 radical (unpaired) electrons. The first kappa shape index (κ1) is 20.5. The van der Waals surface area contributed by atoms with E-state index < -0.39 is 0 Å². The van der Waals surface area contributed by atoms with Gasteiger partial charge in [-0.25, -0.2) is 0 Å². The number of carbonyl (C=O) groups is 1. The van der Waals surface area contributed by atoms with Gasteiger partial charge in [-0.3, -0.25) is 0 Å². The van der Waals surface area contributed by atoms with Gasteiger partial charge in [0.2, 0.25) is 0 Å². The van der Waals surface area contributed by atoms with Gasteiger partial charge in [-0.15, -0.1) is 0 Å². The Morgan fingerprint density at radius 3 is 1.97 bits per heavy atom. The Morgan fingerprint density at radius 1 is 0.931 bits per heavy atom. The topological polar surface area (TPSA) is 17.1 Å². The number of thioether (sulfide) groups is 1. The SMILES string of the molecule is CCSC(=O)C(C[Se]c1ccccc1)C1CC1(c1ccccc1)c1ccccc1. The van der Waals surface area contributed by atoms with Gasteiger partial charge >= 0.3 is 185 Å². The second-order valence-corrected chi connectivity index (χ2v) is 11.1. The van der Waals surface area contributed by atoms with Crippen molar-refractivity contribution in [2.24, 2.45) is 11.8 Å². The minimum absolute atomic E-state index is 0.0239. The van der Waals surface area contributed by atoms with Gasteiger partial charge in [0.15, 0.2) is 0 Å². The average molecular weight is 466 g/mol. The van der Waals surface area contributed by atoms with Crippen molar-refractivity contribution in [2.75, 3.05) is 5.75 Å². The summed E-state index contributed by atoms with van der Waals surface area (Å²) < 4.78 is 1.38. The van der Waals surface area contributed by atoms with Crippen LogP contribution in [0.4, 0.5) is 0 Å². The van der Waals surface area contributed by atoms with E-state index in [0.29, 0.717) is 26.0 Å². The molecule has 0 N–H and O–H groups in total. The standard InChI is InChI=1S/C26H26OSSe/c1-2-28-25(27)23(19-29-22-16-10-5-11-17-22)24-18-26(24,20-12-6-3-7-13-20)21-14-8-4-9-15-21/h3-17,23-24H,2,18-19H2,1H3. The average Bonchev–Trinajstić information content (AvgIpc) is 3.53. The number of rotatable bonds is 8. The molecule has 0 spiro atoms. The molecule has 4 rings (SSSR count). The van der Waals surface area contributed by atoms with Crippen LogP contribution in [0.1, 0.15) is 24.5 Å². The van der Waals surface area contributed by atoms with Gasteiger partial charge in [0.25, 0.3) is 0 Å². The zero-order valence-corrected chi connectivity index (χ0v) is 19.2. The fourth-order valence-corrected chi connectivity index (χ4v) is 7.68. The maximum absolute atomic E-state index is 13.2. The van der Waals surface area contributed by atoms with Gasteiger partial charge < -0.3 is 0 Å². The molecule has 0 heterocycles. The minimum atomic E-state index is -0.0239. The summed E-state index contributed by atoms with van der Waals surface area (Å²) in [6.45, 7) is 2.08. The van der Waals surface area contributed by atoms with Gasteiger partial charge in [0, 0.05) is 0 Å². The molecule has 0 amide bonds. The Hall–Kier alpha value is -1.80. The molecule has 0 saturated heterocycles. The third kappa shape index (κ3) is 4.38. The van der Waals surface area contributed by atoms with E-state index in [9.17, 15) is 4.79 Å². The van der Waals surface area contributed by atoms with Crippen LogP contribution in [0.5, 0.6) is 0 Å². The van der Waals surface area contributed by atoms with Crippen molar-refractivity contribution in [3.63, 3.8) is 0 Å². The summed E-state index contributed by atoms with van der Waals surface area (Å²) in [5.41, 5.74) is 2.68. The molecule has 148 valence electrons. The summed E-state index contributed by atoms with van der Waals surface area (Å²) in [6.07, 6.45) is 1.06. The molecule has 0 aromatic heterocycles. The van der Waals surface area contributed by atoms with Crippen LogP contribution in [-0.2, 0) is 10.2 Å². The third-order valence-corrected chi connectivity index (χ3v) is 9.09. The van der Waals surface area contributed by atoms with Gasteiger partial charge in [-0.05, 0) is 0 Å². The molecular weight excluding hydrogens is 439 g/mol. The van der Waals surface area contributed by atoms with Crippen LogP contribution in [0.15, 0.2) is 91.0 Å². The summed E-state index contributed by atoms with van der Waals surface area (Å²) in [7, 11) is 0. The summed E-state index contributed by atoms with van der Waals surface area (Å²) >= 11 is 1.82. The van der Waals surface area contributed by atoms with E-state index in [2.05, 4.69) is 97.9 Å². The summed E-state index contributed by atoms with van der Waals surface area (Å²) in [4.78, 5) is 13.2. The van der Waals surface area contributed by atoms with Crippen LogP contribution in [0.2, 0.25) is 5.32 Å². The Balaban J connectivity index is 1.65. The monoisotopic (exact) mass is 466 g/mol. The molecule has 29 heavy (non-hydrogen) atoms. The molecule has 1 aliphatic rings. The predicted octanol–water partition coefficient (Wildman–Crippen LogP) is 5.34. The third-order valence-electron chi connectivity index (χ3n) is 5.84. The molecule has 2 atom stereocenters. The quantitative estimate of drug-likeness (QED) is 0.418. The summed E-state index contributed by atoms with van der Waals surface area (Å²) in [5, 5.41) is 1.36. The van der Waals surface area contributed by atoms with Crippen molar-refractivity contribution < 1.29 is 4.79 Å². The number of carbonyl (C=O) groups excluding carboxylic acids is 1. The van der Waals surface area contributed by atoms with E-state index >= 15 is 0 Å². The van der Waals surface area contributed by atoms with Gasteiger partial charge in [-0.1, -0.05) is 0 Å². The number of hydrogen-bond acceptors (Lipinski definition) is 2. The fourth-order valence-electron chi connectivity index (χ4n) is 4.38. The van der Waals surface area contributed by atoms with Crippen LogP contribution in [0.3, 0.4) is 0 Å². The predicted molar refractivity (Wildman–Crippen MR) is 125 cm³/mol. The van der Waals surface area contributed by atoms with E-state index in [-0.39, 0.29) is 11.3 Å². The molecule has 3 aromatic carbocycles. The van der Waals surface area contributed by atoms with Crippen LogP contribution in [-0.4, -0.2) is 25.8 Å². The van der Waals surface area contributed by atoms with Crippen LogP contribution in [0, 0.1) is 11.8 Å². The Bertz CT molecular complexity index is 887. The number of hydrogen-bond donors (Lipinski definition) is 0. The molecular formula is C26H26OSSe. The van der Waals surface area contributed by atoms with Crippen molar-refractivity contribution in [2.45, 2.75) is 24.1 Å². The molecule has 1 aliphatic carbocycles. The van der Waals surface area contributed by atoms with E-state index in [1.54, 1.807) is 0 Å². The molecule has 1 saturated carbocycles. The fraction of sp³-hybridized carbons (Fsp3) is 0.269. The zero-order chi connectivity index (χ0) is 20.1. The summed E-state index contributed by atoms with van der Waals surface area (Å²) in [6, 6.07) is 32.3. The van der Waals surface area contributed by atoms with E-state index in [4.69, 9.17) is 0 Å². The second kappa shape index (κ2) is 9.34. The van der Waals surface area contributed by atoms with Crippen molar-refractivity contribution in [3.05, 3.63) is 102 Å². The normalized spacial score (nSPS) is 18.2. The molecule has 1 nitrogen and oxygen atoms in total. The van der Waals surface area contributed by atoms with E-state index in [1.807, 2.05) is 0 Å². The Kier molecular flexibility index (Phi) is 6.59. The molecule has 0 bridgehead atoms. The Labute approximate surface area is 184 Å². The molecule has 1 fully saturated rings. The second-order valence-electron chi connectivity index (χ2n) is 7.50. The molecule has 0 aliphatic heterocycles.